The molecule has 98 valence electrons. The Hall–Kier alpha value is -1.55. The average molecular weight is 247 g/mol. The molecule has 0 aliphatic heterocycles. The Morgan fingerprint density at radius 3 is 3.00 bits per heavy atom. The number of hydrogen-bond donors (Lipinski definition) is 3. The molecular formula is C14H21N3O. The van der Waals surface area contributed by atoms with Gasteiger partial charge in [-0.2, -0.15) is 0 Å². The molecule has 1 aliphatic rings. The lowest BCUT2D eigenvalue weighted by Gasteiger charge is -2.11. The Labute approximate surface area is 108 Å². The van der Waals surface area contributed by atoms with Crippen LogP contribution in [0.2, 0.25) is 0 Å². The van der Waals surface area contributed by atoms with Gasteiger partial charge < -0.3 is 16.3 Å². The number of nitrogens with one attached hydrogen (secondary N) is 1. The lowest BCUT2D eigenvalue weighted by Crippen LogP contribution is -2.22. The van der Waals surface area contributed by atoms with Crippen LogP contribution in [0.1, 0.15) is 30.9 Å². The summed E-state index contributed by atoms with van der Waals surface area (Å²) in [5, 5.41) is 15.1. The summed E-state index contributed by atoms with van der Waals surface area (Å²) in [5.41, 5.74) is 7.48. The van der Waals surface area contributed by atoms with Crippen molar-refractivity contribution >= 4 is 5.84 Å². The highest BCUT2D eigenvalue weighted by Crippen LogP contribution is 2.36. The Morgan fingerprint density at radius 2 is 2.33 bits per heavy atom. The van der Waals surface area contributed by atoms with Crippen LogP contribution in [-0.2, 0) is 6.54 Å². The summed E-state index contributed by atoms with van der Waals surface area (Å²) in [4.78, 5) is 0. The third kappa shape index (κ3) is 3.47. The van der Waals surface area contributed by atoms with Gasteiger partial charge in [-0.25, -0.2) is 0 Å². The molecule has 1 aromatic rings. The highest BCUT2D eigenvalue weighted by molar-refractivity contribution is 5.97. The van der Waals surface area contributed by atoms with Gasteiger partial charge in [0.1, 0.15) is 0 Å². The zero-order valence-electron chi connectivity index (χ0n) is 10.8. The Morgan fingerprint density at radius 1 is 1.56 bits per heavy atom. The van der Waals surface area contributed by atoms with E-state index >= 15 is 0 Å². The zero-order chi connectivity index (χ0) is 13.0. The van der Waals surface area contributed by atoms with E-state index in [2.05, 4.69) is 17.4 Å². The maximum absolute atomic E-state index is 8.64. The molecule has 18 heavy (non-hydrogen) atoms. The average Bonchev–Trinajstić information content (AvgIpc) is 3.22. The zero-order valence-corrected chi connectivity index (χ0v) is 10.8. The van der Waals surface area contributed by atoms with E-state index in [1.165, 1.54) is 12.8 Å². The topological polar surface area (TPSA) is 70.6 Å². The van der Waals surface area contributed by atoms with E-state index in [0.717, 1.165) is 36.1 Å². The standard InChI is InChI=1S/C14H21N3O/c1-10(12-5-6-12)8-16-9-11-3-2-4-13(7-11)14(15)17-18/h2-4,7,10,12,16,18H,5-6,8-9H2,1H3,(H2,15,17). The van der Waals surface area contributed by atoms with Crippen LogP contribution in [0.15, 0.2) is 29.4 Å². The van der Waals surface area contributed by atoms with Crippen molar-refractivity contribution in [2.45, 2.75) is 26.3 Å². The number of oxime groups is 1. The van der Waals surface area contributed by atoms with E-state index in [1.807, 2.05) is 24.3 Å². The summed E-state index contributed by atoms with van der Waals surface area (Å²) in [6, 6.07) is 7.76. The number of nitrogens with zero attached hydrogens (tertiary/aromatic N) is 1. The summed E-state index contributed by atoms with van der Waals surface area (Å²) < 4.78 is 0. The highest BCUT2D eigenvalue weighted by Gasteiger charge is 2.27. The predicted octanol–water partition coefficient (Wildman–Crippen LogP) is 1.92. The molecule has 1 unspecified atom stereocenters. The number of rotatable bonds is 6. The van der Waals surface area contributed by atoms with Crippen molar-refractivity contribution in [3.63, 3.8) is 0 Å². The first kappa shape index (κ1) is 12.9. The van der Waals surface area contributed by atoms with Crippen LogP contribution in [0.4, 0.5) is 0 Å². The Kier molecular flexibility index (Phi) is 4.20. The van der Waals surface area contributed by atoms with Crippen LogP contribution in [-0.4, -0.2) is 17.6 Å². The molecule has 1 fully saturated rings. The minimum atomic E-state index is 0.156. The third-order valence-electron chi connectivity index (χ3n) is 3.55. The lowest BCUT2D eigenvalue weighted by molar-refractivity contribution is 0.318. The first-order chi connectivity index (χ1) is 8.70. The maximum atomic E-state index is 8.64. The molecule has 4 N–H and O–H groups in total. The molecule has 4 nitrogen and oxygen atoms in total. The molecule has 1 aliphatic carbocycles. The molecule has 0 saturated heterocycles. The lowest BCUT2D eigenvalue weighted by atomic mass is 10.1. The van der Waals surface area contributed by atoms with Crippen molar-refractivity contribution in [3.05, 3.63) is 35.4 Å². The van der Waals surface area contributed by atoms with E-state index in [0.29, 0.717) is 0 Å². The molecule has 1 atom stereocenters. The number of benzene rings is 1. The molecule has 0 spiro atoms. The molecule has 0 amide bonds. The van der Waals surface area contributed by atoms with Gasteiger partial charge in [-0.1, -0.05) is 30.3 Å². The quantitative estimate of drug-likeness (QED) is 0.311. The number of nitrogens with two attached hydrogens (primary N) is 1. The van der Waals surface area contributed by atoms with Crippen LogP contribution >= 0.6 is 0 Å². The van der Waals surface area contributed by atoms with Gasteiger partial charge in [-0.15, -0.1) is 0 Å². The van der Waals surface area contributed by atoms with E-state index < -0.39 is 0 Å². The van der Waals surface area contributed by atoms with Crippen molar-refractivity contribution in [1.82, 2.24) is 5.32 Å². The summed E-state index contributed by atoms with van der Waals surface area (Å²) in [5.74, 6) is 1.85. The summed E-state index contributed by atoms with van der Waals surface area (Å²) in [6.45, 7) is 4.18. The molecule has 0 aromatic heterocycles. The smallest absolute Gasteiger partial charge is 0.170 e. The van der Waals surface area contributed by atoms with Gasteiger partial charge in [0, 0.05) is 12.1 Å². The second-order valence-corrected chi connectivity index (χ2v) is 5.13. The van der Waals surface area contributed by atoms with E-state index in [4.69, 9.17) is 10.9 Å². The third-order valence-corrected chi connectivity index (χ3v) is 3.55. The monoisotopic (exact) mass is 247 g/mol. The summed E-state index contributed by atoms with van der Waals surface area (Å²) in [7, 11) is 0. The highest BCUT2D eigenvalue weighted by atomic mass is 16.4. The first-order valence-corrected chi connectivity index (χ1v) is 6.48. The van der Waals surface area contributed by atoms with Gasteiger partial charge in [-0.3, -0.25) is 0 Å². The molecule has 0 bridgehead atoms. The molecule has 1 saturated carbocycles. The summed E-state index contributed by atoms with van der Waals surface area (Å²) >= 11 is 0. The molecule has 2 rings (SSSR count). The molecular weight excluding hydrogens is 226 g/mol. The van der Waals surface area contributed by atoms with E-state index in [-0.39, 0.29) is 5.84 Å². The largest absolute Gasteiger partial charge is 0.409 e. The first-order valence-electron chi connectivity index (χ1n) is 6.48. The Bertz CT molecular complexity index is 427. The van der Waals surface area contributed by atoms with Crippen molar-refractivity contribution in [2.75, 3.05) is 6.54 Å². The minimum absolute atomic E-state index is 0.156. The van der Waals surface area contributed by atoms with Gasteiger partial charge >= 0.3 is 0 Å². The number of amidine groups is 1. The fourth-order valence-electron chi connectivity index (χ4n) is 2.17. The summed E-state index contributed by atoms with van der Waals surface area (Å²) in [6.07, 6.45) is 2.78. The van der Waals surface area contributed by atoms with Crippen molar-refractivity contribution in [2.24, 2.45) is 22.7 Å². The van der Waals surface area contributed by atoms with Gasteiger partial charge in [-0.05, 0) is 42.9 Å². The van der Waals surface area contributed by atoms with Crippen molar-refractivity contribution < 1.29 is 5.21 Å². The fourth-order valence-corrected chi connectivity index (χ4v) is 2.17. The van der Waals surface area contributed by atoms with Crippen molar-refractivity contribution in [3.8, 4) is 0 Å². The minimum Gasteiger partial charge on any atom is -0.409 e. The second kappa shape index (κ2) is 5.87. The molecule has 0 radical (unpaired) electrons. The van der Waals surface area contributed by atoms with E-state index in [9.17, 15) is 0 Å². The van der Waals surface area contributed by atoms with Crippen LogP contribution < -0.4 is 11.1 Å². The van der Waals surface area contributed by atoms with Crippen LogP contribution in [0, 0.1) is 11.8 Å². The Balaban J connectivity index is 1.85. The van der Waals surface area contributed by atoms with Crippen LogP contribution in [0.5, 0.6) is 0 Å². The van der Waals surface area contributed by atoms with Gasteiger partial charge in [0.2, 0.25) is 0 Å². The maximum Gasteiger partial charge on any atom is 0.170 e. The SMILES string of the molecule is CC(CNCc1cccc(/C(N)=N/O)c1)C1CC1. The predicted molar refractivity (Wildman–Crippen MR) is 72.5 cm³/mol. The second-order valence-electron chi connectivity index (χ2n) is 5.13. The normalized spacial score (nSPS) is 17.7. The molecule has 0 heterocycles. The van der Waals surface area contributed by atoms with Gasteiger partial charge in [0.15, 0.2) is 5.84 Å². The van der Waals surface area contributed by atoms with E-state index in [1.54, 1.807) is 0 Å². The fraction of sp³-hybridized carbons (Fsp3) is 0.500. The molecule has 4 heteroatoms. The molecule has 1 aromatic carbocycles. The van der Waals surface area contributed by atoms with Gasteiger partial charge in [0.25, 0.3) is 0 Å². The number of hydrogen-bond acceptors (Lipinski definition) is 3. The van der Waals surface area contributed by atoms with Gasteiger partial charge in [0.05, 0.1) is 0 Å². The van der Waals surface area contributed by atoms with Crippen LogP contribution in [0.3, 0.4) is 0 Å². The van der Waals surface area contributed by atoms with Crippen LogP contribution in [0.25, 0.3) is 0 Å². The van der Waals surface area contributed by atoms with Crippen molar-refractivity contribution in [1.29, 1.82) is 0 Å².